The minimum atomic E-state index is -0.0947. The van der Waals surface area contributed by atoms with E-state index in [0.717, 1.165) is 44.4 Å². The normalized spacial score (nSPS) is 30.2. The maximum absolute atomic E-state index is 12.3. The molecule has 0 spiro atoms. The van der Waals surface area contributed by atoms with Crippen molar-refractivity contribution in [3.05, 3.63) is 0 Å². The number of rotatable bonds is 4. The minimum absolute atomic E-state index is 0.00132. The van der Waals surface area contributed by atoms with Crippen LogP contribution in [0.4, 0.5) is 0 Å². The number of hydrogen-bond acceptors (Lipinski definition) is 3. The summed E-state index contributed by atoms with van der Waals surface area (Å²) >= 11 is 0. The van der Waals surface area contributed by atoms with Crippen LogP contribution in [0.1, 0.15) is 34.1 Å². The second kappa shape index (κ2) is 5.17. The summed E-state index contributed by atoms with van der Waals surface area (Å²) in [5.74, 6) is 1.67. The highest BCUT2D eigenvalue weighted by Crippen LogP contribution is 2.27. The molecule has 0 radical (unpaired) electrons. The molecule has 2 aliphatic rings. The Morgan fingerprint density at radius 3 is 2.44 bits per heavy atom. The van der Waals surface area contributed by atoms with Gasteiger partial charge in [0.15, 0.2) is 0 Å². The van der Waals surface area contributed by atoms with Crippen molar-refractivity contribution in [2.75, 3.05) is 26.2 Å². The van der Waals surface area contributed by atoms with Crippen LogP contribution in [0.15, 0.2) is 0 Å². The van der Waals surface area contributed by atoms with Crippen LogP contribution >= 0.6 is 0 Å². The van der Waals surface area contributed by atoms with Crippen molar-refractivity contribution in [1.82, 2.24) is 15.5 Å². The number of carbonyl (C=O) groups excluding carboxylic acids is 1. The molecule has 0 aromatic rings. The van der Waals surface area contributed by atoms with Crippen LogP contribution in [-0.4, -0.2) is 48.6 Å². The molecule has 4 nitrogen and oxygen atoms in total. The van der Waals surface area contributed by atoms with Gasteiger partial charge in [0, 0.05) is 18.6 Å². The molecule has 18 heavy (non-hydrogen) atoms. The average Bonchev–Trinajstić information content (AvgIpc) is 2.87. The van der Waals surface area contributed by atoms with Gasteiger partial charge in [-0.05, 0) is 52.1 Å². The van der Waals surface area contributed by atoms with Gasteiger partial charge < -0.3 is 10.6 Å². The van der Waals surface area contributed by atoms with Crippen molar-refractivity contribution < 1.29 is 4.79 Å². The summed E-state index contributed by atoms with van der Waals surface area (Å²) in [5, 5.41) is 6.59. The lowest BCUT2D eigenvalue weighted by Crippen LogP contribution is -2.51. The number of hydrogen-bond donors (Lipinski definition) is 2. The van der Waals surface area contributed by atoms with Crippen LogP contribution in [0.25, 0.3) is 0 Å². The van der Waals surface area contributed by atoms with Gasteiger partial charge in [-0.15, -0.1) is 0 Å². The molecule has 2 aliphatic heterocycles. The Morgan fingerprint density at radius 2 is 1.94 bits per heavy atom. The molecule has 4 heteroatoms. The lowest BCUT2D eigenvalue weighted by atomic mass is 10.0. The van der Waals surface area contributed by atoms with E-state index in [-0.39, 0.29) is 17.5 Å². The number of nitrogens with zero attached hydrogens (tertiary/aromatic N) is 1. The topological polar surface area (TPSA) is 44.4 Å². The molecule has 2 saturated heterocycles. The van der Waals surface area contributed by atoms with Crippen LogP contribution in [0, 0.1) is 11.8 Å². The van der Waals surface area contributed by atoms with E-state index in [1.807, 2.05) is 6.92 Å². The SMILES string of the molecule is CCC(C)(C)NC(=O)C(C)N1CC2CNCC2C1. The van der Waals surface area contributed by atoms with Gasteiger partial charge in [-0.1, -0.05) is 6.92 Å². The first-order valence-corrected chi connectivity index (χ1v) is 7.19. The van der Waals surface area contributed by atoms with Crippen molar-refractivity contribution in [2.45, 2.75) is 45.7 Å². The molecule has 0 bridgehead atoms. The van der Waals surface area contributed by atoms with Gasteiger partial charge in [0.2, 0.25) is 5.91 Å². The summed E-state index contributed by atoms with van der Waals surface area (Å²) < 4.78 is 0. The van der Waals surface area contributed by atoms with Crippen molar-refractivity contribution in [3.63, 3.8) is 0 Å². The molecule has 0 aromatic heterocycles. The molecule has 2 rings (SSSR count). The second-order valence-electron chi connectivity index (χ2n) is 6.53. The Balaban J connectivity index is 1.88. The molecule has 0 aliphatic carbocycles. The van der Waals surface area contributed by atoms with Crippen LogP contribution in [0.5, 0.6) is 0 Å². The highest BCUT2D eigenvalue weighted by atomic mass is 16.2. The van der Waals surface area contributed by atoms with Crippen LogP contribution < -0.4 is 10.6 Å². The second-order valence-corrected chi connectivity index (χ2v) is 6.53. The van der Waals surface area contributed by atoms with E-state index in [2.05, 4.69) is 36.3 Å². The molecule has 0 saturated carbocycles. The predicted octanol–water partition coefficient (Wildman–Crippen LogP) is 0.831. The van der Waals surface area contributed by atoms with Gasteiger partial charge in [0.25, 0.3) is 0 Å². The van der Waals surface area contributed by atoms with E-state index < -0.39 is 0 Å². The quantitative estimate of drug-likeness (QED) is 0.780. The van der Waals surface area contributed by atoms with Gasteiger partial charge in [-0.3, -0.25) is 9.69 Å². The highest BCUT2D eigenvalue weighted by molar-refractivity contribution is 5.82. The zero-order valence-corrected chi connectivity index (χ0v) is 12.1. The Hall–Kier alpha value is -0.610. The van der Waals surface area contributed by atoms with Gasteiger partial charge in [-0.25, -0.2) is 0 Å². The molecule has 2 N–H and O–H groups in total. The van der Waals surface area contributed by atoms with Crippen molar-refractivity contribution in [1.29, 1.82) is 0 Å². The number of nitrogens with one attached hydrogen (secondary N) is 2. The van der Waals surface area contributed by atoms with Crippen LogP contribution in [-0.2, 0) is 4.79 Å². The Labute approximate surface area is 110 Å². The smallest absolute Gasteiger partial charge is 0.237 e. The zero-order valence-electron chi connectivity index (χ0n) is 12.1. The maximum atomic E-state index is 12.3. The summed E-state index contributed by atoms with van der Waals surface area (Å²) in [6, 6.07) is 0.00132. The van der Waals surface area contributed by atoms with Crippen molar-refractivity contribution in [2.24, 2.45) is 11.8 Å². The number of carbonyl (C=O) groups is 1. The minimum Gasteiger partial charge on any atom is -0.350 e. The summed E-state index contributed by atoms with van der Waals surface area (Å²) in [4.78, 5) is 14.6. The van der Waals surface area contributed by atoms with Crippen LogP contribution in [0.2, 0.25) is 0 Å². The summed E-state index contributed by atoms with van der Waals surface area (Å²) in [6.45, 7) is 12.7. The molecular formula is C14H27N3O. The number of fused-ring (bicyclic) bond motifs is 1. The van der Waals surface area contributed by atoms with E-state index in [1.54, 1.807) is 0 Å². The van der Waals surface area contributed by atoms with E-state index in [1.165, 1.54) is 0 Å². The standard InChI is InChI=1S/C14H27N3O/c1-5-14(3,4)16-13(18)10(2)17-8-11-6-15-7-12(11)9-17/h10-12,15H,5-9H2,1-4H3,(H,16,18). The lowest BCUT2D eigenvalue weighted by Gasteiger charge is -2.30. The predicted molar refractivity (Wildman–Crippen MR) is 73.4 cm³/mol. The molecule has 3 unspecified atom stereocenters. The fourth-order valence-electron chi connectivity index (χ4n) is 2.90. The fourth-order valence-corrected chi connectivity index (χ4v) is 2.90. The van der Waals surface area contributed by atoms with E-state index in [0.29, 0.717) is 0 Å². The first-order chi connectivity index (χ1) is 8.43. The third-order valence-electron chi connectivity index (χ3n) is 4.69. The average molecular weight is 253 g/mol. The van der Waals surface area contributed by atoms with E-state index in [4.69, 9.17) is 0 Å². The molecule has 0 aromatic carbocycles. The zero-order chi connectivity index (χ0) is 13.3. The maximum Gasteiger partial charge on any atom is 0.237 e. The largest absolute Gasteiger partial charge is 0.350 e. The van der Waals surface area contributed by atoms with Crippen molar-refractivity contribution in [3.8, 4) is 0 Å². The first-order valence-electron chi connectivity index (χ1n) is 7.19. The Morgan fingerprint density at radius 1 is 1.39 bits per heavy atom. The first kappa shape index (κ1) is 13.8. The third-order valence-corrected chi connectivity index (χ3v) is 4.69. The lowest BCUT2D eigenvalue weighted by molar-refractivity contribution is -0.127. The molecule has 3 atom stereocenters. The monoisotopic (exact) mass is 253 g/mol. The molecule has 2 heterocycles. The third kappa shape index (κ3) is 2.86. The number of amides is 1. The Bertz CT molecular complexity index is 304. The summed E-state index contributed by atoms with van der Waals surface area (Å²) in [6.07, 6.45) is 0.959. The molecular weight excluding hydrogens is 226 g/mol. The summed E-state index contributed by atoms with van der Waals surface area (Å²) in [7, 11) is 0. The Kier molecular flexibility index (Phi) is 3.97. The van der Waals surface area contributed by atoms with E-state index in [9.17, 15) is 4.79 Å². The molecule has 2 fully saturated rings. The molecule has 104 valence electrons. The van der Waals surface area contributed by atoms with Gasteiger partial charge in [0.1, 0.15) is 0 Å². The number of likely N-dealkylation sites (tertiary alicyclic amines) is 1. The molecule has 1 amide bonds. The van der Waals surface area contributed by atoms with Gasteiger partial charge in [0.05, 0.1) is 6.04 Å². The fraction of sp³-hybridized carbons (Fsp3) is 0.929. The van der Waals surface area contributed by atoms with Crippen LogP contribution in [0.3, 0.4) is 0 Å². The summed E-state index contributed by atoms with van der Waals surface area (Å²) in [5.41, 5.74) is -0.0947. The van der Waals surface area contributed by atoms with E-state index >= 15 is 0 Å². The highest BCUT2D eigenvalue weighted by Gasteiger charge is 2.39. The van der Waals surface area contributed by atoms with Crippen molar-refractivity contribution >= 4 is 5.91 Å². The van der Waals surface area contributed by atoms with Gasteiger partial charge >= 0.3 is 0 Å². The van der Waals surface area contributed by atoms with Gasteiger partial charge in [-0.2, -0.15) is 0 Å².